The summed E-state index contributed by atoms with van der Waals surface area (Å²) >= 11 is 0. The van der Waals surface area contributed by atoms with Crippen molar-refractivity contribution >= 4 is 5.97 Å². The summed E-state index contributed by atoms with van der Waals surface area (Å²) in [7, 11) is 0. The molecule has 1 aliphatic heterocycles. The number of ether oxygens (including phenoxy) is 1. The molecule has 3 aliphatic rings. The molecule has 17 heavy (non-hydrogen) atoms. The van der Waals surface area contributed by atoms with Crippen LogP contribution in [-0.4, -0.2) is 23.3 Å². The number of carboxylic acids is 1. The minimum absolute atomic E-state index is 0.155. The Morgan fingerprint density at radius 1 is 1.18 bits per heavy atom. The maximum Gasteiger partial charge on any atom is 0.307 e. The Bertz CT molecular complexity index is 470. The van der Waals surface area contributed by atoms with Crippen LogP contribution in [0.1, 0.15) is 17.9 Å². The van der Waals surface area contributed by atoms with Gasteiger partial charge in [0.2, 0.25) is 0 Å². The number of carbonyl (C=O) groups is 1. The average Bonchev–Trinajstić information content (AvgIpc) is 2.96. The molecule has 0 aromatic heterocycles. The first-order chi connectivity index (χ1) is 8.27. The zero-order valence-corrected chi connectivity index (χ0v) is 9.32. The fourth-order valence-corrected chi connectivity index (χ4v) is 4.11. The zero-order chi connectivity index (χ0) is 11.6. The molecule has 1 aromatic rings. The summed E-state index contributed by atoms with van der Waals surface area (Å²) in [6.07, 6.45) is 1.63. The molecule has 0 spiro atoms. The lowest BCUT2D eigenvalue weighted by atomic mass is 9.75. The van der Waals surface area contributed by atoms with Gasteiger partial charge in [-0.25, -0.2) is 0 Å². The molecule has 1 saturated heterocycles. The Morgan fingerprint density at radius 3 is 2.59 bits per heavy atom. The third-order valence-corrected chi connectivity index (χ3v) is 4.73. The summed E-state index contributed by atoms with van der Waals surface area (Å²) < 4.78 is 5.61. The van der Waals surface area contributed by atoms with Crippen LogP contribution in [0.25, 0.3) is 0 Å². The minimum Gasteiger partial charge on any atom is -0.481 e. The highest BCUT2D eigenvalue weighted by atomic mass is 16.6. The highest BCUT2D eigenvalue weighted by Gasteiger charge is 2.69. The van der Waals surface area contributed by atoms with Crippen molar-refractivity contribution in [2.75, 3.05) is 0 Å². The molecule has 3 nitrogen and oxygen atoms in total. The fraction of sp³-hybridized carbons (Fsp3) is 0.500. The van der Waals surface area contributed by atoms with Crippen LogP contribution in [-0.2, 0) is 9.53 Å². The van der Waals surface area contributed by atoms with E-state index in [1.165, 1.54) is 5.56 Å². The lowest BCUT2D eigenvalue weighted by molar-refractivity contribution is -0.144. The van der Waals surface area contributed by atoms with E-state index in [9.17, 15) is 9.90 Å². The van der Waals surface area contributed by atoms with Crippen molar-refractivity contribution in [1.29, 1.82) is 0 Å². The maximum absolute atomic E-state index is 11.5. The number of hydrogen-bond acceptors (Lipinski definition) is 2. The van der Waals surface area contributed by atoms with E-state index in [0.717, 1.165) is 6.42 Å². The molecule has 0 amide bonds. The molecule has 6 unspecified atom stereocenters. The largest absolute Gasteiger partial charge is 0.481 e. The Balaban J connectivity index is 1.76. The second-order valence-corrected chi connectivity index (χ2v) is 5.43. The summed E-state index contributed by atoms with van der Waals surface area (Å²) in [6.45, 7) is 0. The van der Waals surface area contributed by atoms with E-state index in [1.807, 2.05) is 18.2 Å². The number of fused-ring (bicyclic) bond motifs is 5. The predicted octanol–water partition coefficient (Wildman–Crippen LogP) is 1.89. The molecule has 2 saturated carbocycles. The highest BCUT2D eigenvalue weighted by Crippen LogP contribution is 2.64. The molecule has 2 aliphatic carbocycles. The summed E-state index contributed by atoms with van der Waals surface area (Å²) in [5.41, 5.74) is 1.17. The molecule has 1 N–H and O–H groups in total. The van der Waals surface area contributed by atoms with Crippen molar-refractivity contribution in [3.63, 3.8) is 0 Å². The van der Waals surface area contributed by atoms with Crippen LogP contribution in [0.4, 0.5) is 0 Å². The van der Waals surface area contributed by atoms with Gasteiger partial charge in [-0.05, 0) is 17.9 Å². The van der Waals surface area contributed by atoms with E-state index in [2.05, 4.69) is 12.1 Å². The highest BCUT2D eigenvalue weighted by molar-refractivity contribution is 5.73. The van der Waals surface area contributed by atoms with Crippen molar-refractivity contribution in [2.45, 2.75) is 24.5 Å². The van der Waals surface area contributed by atoms with Crippen LogP contribution in [0, 0.1) is 17.8 Å². The first-order valence-corrected chi connectivity index (χ1v) is 6.20. The van der Waals surface area contributed by atoms with Crippen LogP contribution < -0.4 is 0 Å². The van der Waals surface area contributed by atoms with Gasteiger partial charge in [-0.15, -0.1) is 0 Å². The van der Waals surface area contributed by atoms with E-state index < -0.39 is 5.97 Å². The lowest BCUT2D eigenvalue weighted by Crippen LogP contribution is -2.32. The van der Waals surface area contributed by atoms with Crippen LogP contribution >= 0.6 is 0 Å². The standard InChI is InChI=1S/C14H14O3/c15-14(16)11-9-6-8(12-13(9)17-12)10(11)7-4-2-1-3-5-7/h1-5,8-13H,6H2,(H,15,16). The summed E-state index contributed by atoms with van der Waals surface area (Å²) in [4.78, 5) is 11.5. The number of benzene rings is 1. The van der Waals surface area contributed by atoms with Crippen LogP contribution in [0.5, 0.6) is 0 Å². The van der Waals surface area contributed by atoms with Crippen molar-refractivity contribution in [2.24, 2.45) is 17.8 Å². The fourth-order valence-electron chi connectivity index (χ4n) is 4.11. The first kappa shape index (κ1) is 9.66. The molecular formula is C14H14O3. The van der Waals surface area contributed by atoms with Crippen molar-refractivity contribution in [3.05, 3.63) is 35.9 Å². The average molecular weight is 230 g/mol. The molecule has 1 heterocycles. The molecule has 0 radical (unpaired) electrons. The second kappa shape index (κ2) is 3.10. The molecular weight excluding hydrogens is 216 g/mol. The topological polar surface area (TPSA) is 49.8 Å². The molecule has 4 rings (SSSR count). The molecule has 6 atom stereocenters. The van der Waals surface area contributed by atoms with E-state index in [1.54, 1.807) is 0 Å². The number of aliphatic carboxylic acids is 1. The Hall–Kier alpha value is -1.35. The number of carboxylic acid groups (broad SMARTS) is 1. The summed E-state index contributed by atoms with van der Waals surface area (Å²) in [6, 6.07) is 10.1. The number of rotatable bonds is 2. The Morgan fingerprint density at radius 2 is 1.88 bits per heavy atom. The van der Waals surface area contributed by atoms with Gasteiger partial charge < -0.3 is 9.84 Å². The number of epoxide rings is 1. The van der Waals surface area contributed by atoms with Gasteiger partial charge in [-0.1, -0.05) is 30.3 Å². The molecule has 2 bridgehead atoms. The van der Waals surface area contributed by atoms with E-state index in [4.69, 9.17) is 4.74 Å². The van der Waals surface area contributed by atoms with Gasteiger partial charge in [0, 0.05) is 11.8 Å². The Labute approximate surface area is 99.4 Å². The molecule has 88 valence electrons. The van der Waals surface area contributed by atoms with Gasteiger partial charge in [0.25, 0.3) is 0 Å². The smallest absolute Gasteiger partial charge is 0.307 e. The van der Waals surface area contributed by atoms with E-state index in [-0.39, 0.29) is 23.9 Å². The van der Waals surface area contributed by atoms with Gasteiger partial charge in [0.1, 0.15) is 0 Å². The van der Waals surface area contributed by atoms with Crippen LogP contribution in [0.15, 0.2) is 30.3 Å². The SMILES string of the molecule is O=C(O)C1C2CC(C3OC23)C1c1ccccc1. The monoisotopic (exact) mass is 230 g/mol. The zero-order valence-electron chi connectivity index (χ0n) is 9.32. The van der Waals surface area contributed by atoms with Crippen molar-refractivity contribution in [1.82, 2.24) is 0 Å². The van der Waals surface area contributed by atoms with Crippen LogP contribution in [0.3, 0.4) is 0 Å². The van der Waals surface area contributed by atoms with Crippen molar-refractivity contribution in [3.8, 4) is 0 Å². The lowest BCUT2D eigenvalue weighted by Gasteiger charge is -2.26. The number of hydrogen-bond donors (Lipinski definition) is 1. The quantitative estimate of drug-likeness (QED) is 0.789. The third kappa shape index (κ3) is 1.18. The Kier molecular flexibility index (Phi) is 1.76. The van der Waals surface area contributed by atoms with Crippen molar-refractivity contribution < 1.29 is 14.6 Å². The normalized spacial score (nSPS) is 45.6. The molecule has 3 fully saturated rings. The third-order valence-electron chi connectivity index (χ3n) is 4.73. The van der Waals surface area contributed by atoms with Gasteiger partial charge in [-0.3, -0.25) is 4.79 Å². The van der Waals surface area contributed by atoms with Gasteiger partial charge in [0.05, 0.1) is 18.1 Å². The van der Waals surface area contributed by atoms with E-state index >= 15 is 0 Å². The van der Waals surface area contributed by atoms with Gasteiger partial charge >= 0.3 is 5.97 Å². The second-order valence-electron chi connectivity index (χ2n) is 5.43. The maximum atomic E-state index is 11.5. The van der Waals surface area contributed by atoms with E-state index in [0.29, 0.717) is 12.0 Å². The summed E-state index contributed by atoms with van der Waals surface area (Å²) in [5, 5.41) is 9.45. The molecule has 1 aromatic carbocycles. The summed E-state index contributed by atoms with van der Waals surface area (Å²) in [5.74, 6) is -0.0740. The predicted molar refractivity (Wildman–Crippen MR) is 60.6 cm³/mol. The molecule has 3 heteroatoms. The minimum atomic E-state index is -0.652. The first-order valence-electron chi connectivity index (χ1n) is 6.20. The van der Waals surface area contributed by atoms with Gasteiger partial charge in [-0.2, -0.15) is 0 Å². The van der Waals surface area contributed by atoms with Crippen LogP contribution in [0.2, 0.25) is 0 Å². The van der Waals surface area contributed by atoms with Gasteiger partial charge in [0.15, 0.2) is 0 Å².